The number of aliphatic hydroxyl groups excluding tert-OH is 1. The van der Waals surface area contributed by atoms with Crippen LogP contribution in [0.2, 0.25) is 0 Å². The minimum Gasteiger partial charge on any atom is -0.396 e. The molecule has 0 aromatic rings. The minimum absolute atomic E-state index is 0.0560. The van der Waals surface area contributed by atoms with Crippen molar-refractivity contribution in [3.8, 4) is 0 Å². The van der Waals surface area contributed by atoms with Crippen LogP contribution in [0.3, 0.4) is 0 Å². The first kappa shape index (κ1) is 22.0. The Balaban J connectivity index is 1.88. The first-order valence-corrected chi connectivity index (χ1v) is 9.88. The maximum absolute atomic E-state index is 13.3. The van der Waals surface area contributed by atoms with Gasteiger partial charge < -0.3 is 20.1 Å². The van der Waals surface area contributed by atoms with Gasteiger partial charge in [-0.25, -0.2) is 8.78 Å². The number of hydrogen-bond acceptors (Lipinski definition) is 4. The van der Waals surface area contributed by atoms with Crippen LogP contribution in [0.4, 0.5) is 8.78 Å². The number of halogens is 2. The zero-order valence-corrected chi connectivity index (χ0v) is 16.3. The zero-order chi connectivity index (χ0) is 20.0. The number of piperidine rings is 1. The van der Waals surface area contributed by atoms with E-state index in [9.17, 15) is 23.5 Å². The molecule has 0 radical (unpaired) electrons. The number of amides is 2. The van der Waals surface area contributed by atoms with Gasteiger partial charge in [0.1, 0.15) is 6.04 Å². The SMILES string of the molecule is CC(=O)NC(C(=O)N1CCC(CO)CC1)C(C)OCC1CCC(F)(F)CC1. The molecule has 6 nitrogen and oxygen atoms in total. The Labute approximate surface area is 159 Å². The number of carbonyl (C=O) groups is 2. The topological polar surface area (TPSA) is 78.9 Å². The monoisotopic (exact) mass is 390 g/mol. The second kappa shape index (κ2) is 9.78. The van der Waals surface area contributed by atoms with Gasteiger partial charge in [0.25, 0.3) is 0 Å². The third-order valence-corrected chi connectivity index (χ3v) is 5.71. The van der Waals surface area contributed by atoms with Crippen LogP contribution >= 0.6 is 0 Å². The van der Waals surface area contributed by atoms with Crippen LogP contribution in [0, 0.1) is 11.8 Å². The summed E-state index contributed by atoms with van der Waals surface area (Å²) >= 11 is 0. The maximum Gasteiger partial charge on any atom is 0.248 e. The van der Waals surface area contributed by atoms with Crippen molar-refractivity contribution in [3.63, 3.8) is 0 Å². The number of hydrogen-bond donors (Lipinski definition) is 2. The largest absolute Gasteiger partial charge is 0.396 e. The van der Waals surface area contributed by atoms with Crippen LogP contribution in [-0.2, 0) is 14.3 Å². The average molecular weight is 390 g/mol. The van der Waals surface area contributed by atoms with E-state index in [1.54, 1.807) is 11.8 Å². The van der Waals surface area contributed by atoms with Crippen LogP contribution < -0.4 is 5.32 Å². The third kappa shape index (κ3) is 6.68. The third-order valence-electron chi connectivity index (χ3n) is 5.71. The summed E-state index contributed by atoms with van der Waals surface area (Å²) in [5, 5.41) is 11.9. The molecular weight excluding hydrogens is 358 g/mol. The fraction of sp³-hybridized carbons (Fsp3) is 0.895. The van der Waals surface area contributed by atoms with Crippen LogP contribution in [-0.4, -0.2) is 66.2 Å². The van der Waals surface area contributed by atoms with E-state index in [1.165, 1.54) is 6.92 Å². The standard InChI is InChI=1S/C19H32F2N2O4/c1-13(27-12-16-3-7-19(20,21)8-4-16)17(22-14(2)25)18(26)23-9-5-15(11-24)6-10-23/h13,15-17,24H,3-12H2,1-2H3,(H,22,25). The average Bonchev–Trinajstić information content (AvgIpc) is 2.64. The van der Waals surface area contributed by atoms with Gasteiger partial charge in [-0.2, -0.15) is 0 Å². The van der Waals surface area contributed by atoms with Crippen LogP contribution in [0.1, 0.15) is 52.4 Å². The Morgan fingerprint density at radius 3 is 2.30 bits per heavy atom. The lowest BCUT2D eigenvalue weighted by Gasteiger charge is -2.36. The van der Waals surface area contributed by atoms with Crippen molar-refractivity contribution in [3.05, 3.63) is 0 Å². The molecule has 1 aliphatic carbocycles. The van der Waals surface area contributed by atoms with Crippen LogP contribution in [0.15, 0.2) is 0 Å². The molecule has 2 aliphatic rings. The summed E-state index contributed by atoms with van der Waals surface area (Å²) < 4.78 is 32.3. The van der Waals surface area contributed by atoms with Gasteiger partial charge in [0.2, 0.25) is 17.7 Å². The molecule has 2 N–H and O–H groups in total. The second-order valence-corrected chi connectivity index (χ2v) is 7.97. The van der Waals surface area contributed by atoms with Crippen molar-refractivity contribution in [1.29, 1.82) is 0 Å². The van der Waals surface area contributed by atoms with E-state index < -0.39 is 18.1 Å². The Bertz CT molecular complexity index is 500. The van der Waals surface area contributed by atoms with Gasteiger partial charge in [0.05, 0.1) is 6.10 Å². The van der Waals surface area contributed by atoms with E-state index in [2.05, 4.69) is 5.32 Å². The lowest BCUT2D eigenvalue weighted by Crippen LogP contribution is -2.55. The highest BCUT2D eigenvalue weighted by Crippen LogP contribution is 2.36. The van der Waals surface area contributed by atoms with Crippen molar-refractivity contribution in [2.24, 2.45) is 11.8 Å². The highest BCUT2D eigenvalue weighted by molar-refractivity contribution is 5.87. The van der Waals surface area contributed by atoms with Crippen LogP contribution in [0.5, 0.6) is 0 Å². The molecule has 0 spiro atoms. The molecule has 2 unspecified atom stereocenters. The van der Waals surface area contributed by atoms with Crippen molar-refractivity contribution < 1.29 is 28.2 Å². The Kier molecular flexibility index (Phi) is 7.97. The number of likely N-dealkylation sites (tertiary alicyclic amines) is 1. The Hall–Kier alpha value is -1.28. The summed E-state index contributed by atoms with van der Waals surface area (Å²) in [6, 6.07) is -0.793. The summed E-state index contributed by atoms with van der Waals surface area (Å²) in [6.45, 7) is 4.62. The number of ether oxygens (including phenoxy) is 1. The summed E-state index contributed by atoms with van der Waals surface area (Å²) in [5.41, 5.74) is 0. The summed E-state index contributed by atoms with van der Waals surface area (Å²) in [5.74, 6) is -2.81. The number of nitrogens with one attached hydrogen (secondary N) is 1. The normalized spacial score (nSPS) is 23.7. The highest BCUT2D eigenvalue weighted by Gasteiger charge is 2.36. The molecule has 27 heavy (non-hydrogen) atoms. The molecule has 2 amide bonds. The summed E-state index contributed by atoms with van der Waals surface area (Å²) in [7, 11) is 0. The number of alkyl halides is 2. The molecule has 156 valence electrons. The van der Waals surface area contributed by atoms with Gasteiger partial charge in [-0.05, 0) is 44.4 Å². The predicted molar refractivity (Wildman–Crippen MR) is 96.3 cm³/mol. The molecule has 0 aromatic heterocycles. The molecule has 1 heterocycles. The van der Waals surface area contributed by atoms with Crippen molar-refractivity contribution in [1.82, 2.24) is 10.2 Å². The molecule has 2 rings (SSSR count). The minimum atomic E-state index is -2.57. The van der Waals surface area contributed by atoms with E-state index in [0.717, 1.165) is 12.8 Å². The molecular formula is C19H32F2N2O4. The number of carbonyl (C=O) groups excluding carboxylic acids is 2. The van der Waals surface area contributed by atoms with Gasteiger partial charge in [-0.3, -0.25) is 9.59 Å². The Morgan fingerprint density at radius 1 is 1.19 bits per heavy atom. The molecule has 2 atom stereocenters. The molecule has 8 heteroatoms. The lowest BCUT2D eigenvalue weighted by atomic mass is 9.87. The molecule has 0 aromatic carbocycles. The van der Waals surface area contributed by atoms with E-state index >= 15 is 0 Å². The molecule has 0 bridgehead atoms. The first-order valence-electron chi connectivity index (χ1n) is 9.88. The van der Waals surface area contributed by atoms with Crippen molar-refractivity contribution in [2.75, 3.05) is 26.3 Å². The smallest absolute Gasteiger partial charge is 0.248 e. The first-order chi connectivity index (χ1) is 12.7. The highest BCUT2D eigenvalue weighted by atomic mass is 19.3. The van der Waals surface area contributed by atoms with E-state index in [0.29, 0.717) is 32.5 Å². The van der Waals surface area contributed by atoms with E-state index in [1.807, 2.05) is 0 Å². The summed E-state index contributed by atoms with van der Waals surface area (Å²) in [6.07, 6.45) is 1.51. The van der Waals surface area contributed by atoms with Gasteiger partial charge >= 0.3 is 0 Å². The fourth-order valence-electron chi connectivity index (χ4n) is 3.78. The van der Waals surface area contributed by atoms with Gasteiger partial charge in [0.15, 0.2) is 0 Å². The van der Waals surface area contributed by atoms with Crippen LogP contribution in [0.25, 0.3) is 0 Å². The Morgan fingerprint density at radius 2 is 1.78 bits per heavy atom. The molecule has 1 saturated carbocycles. The molecule has 1 saturated heterocycles. The van der Waals surface area contributed by atoms with E-state index in [-0.39, 0.29) is 43.1 Å². The quantitative estimate of drug-likeness (QED) is 0.697. The maximum atomic E-state index is 13.3. The predicted octanol–water partition coefficient (Wildman–Crippen LogP) is 1.95. The van der Waals surface area contributed by atoms with E-state index in [4.69, 9.17) is 4.74 Å². The van der Waals surface area contributed by atoms with Crippen molar-refractivity contribution >= 4 is 11.8 Å². The number of aliphatic hydroxyl groups is 1. The second-order valence-electron chi connectivity index (χ2n) is 7.97. The zero-order valence-electron chi connectivity index (χ0n) is 16.3. The van der Waals surface area contributed by atoms with Crippen molar-refractivity contribution in [2.45, 2.75) is 70.4 Å². The summed E-state index contributed by atoms with van der Waals surface area (Å²) in [4.78, 5) is 26.1. The van der Waals surface area contributed by atoms with Gasteiger partial charge in [-0.1, -0.05) is 0 Å². The van der Waals surface area contributed by atoms with Gasteiger partial charge in [0, 0.05) is 46.1 Å². The molecule has 2 fully saturated rings. The fourth-order valence-corrected chi connectivity index (χ4v) is 3.78. The lowest BCUT2D eigenvalue weighted by molar-refractivity contribution is -0.142. The number of rotatable bonds is 7. The molecule has 1 aliphatic heterocycles. The van der Waals surface area contributed by atoms with Gasteiger partial charge in [-0.15, -0.1) is 0 Å². The number of nitrogens with zero attached hydrogens (tertiary/aromatic N) is 1.